The zero-order valence-corrected chi connectivity index (χ0v) is 15.2. The number of amides is 1. The SMILES string of the molecule is O=C(Nc1ccc(N=Nc2ccccc2)cc1)C1C[C@@H]2CCC[C@@H](C1)C2=O. The largest absolute Gasteiger partial charge is 0.326 e. The molecule has 27 heavy (non-hydrogen) atoms. The molecule has 0 unspecified atom stereocenters. The fraction of sp³-hybridized carbons (Fsp3) is 0.364. The summed E-state index contributed by atoms with van der Waals surface area (Å²) < 4.78 is 0. The van der Waals surface area contributed by atoms with Crippen LogP contribution in [-0.2, 0) is 9.59 Å². The molecule has 5 heteroatoms. The van der Waals surface area contributed by atoms with Crippen molar-refractivity contribution in [2.45, 2.75) is 32.1 Å². The quantitative estimate of drug-likeness (QED) is 0.737. The third kappa shape index (κ3) is 4.13. The molecule has 2 atom stereocenters. The summed E-state index contributed by atoms with van der Waals surface area (Å²) >= 11 is 0. The summed E-state index contributed by atoms with van der Waals surface area (Å²) in [5.41, 5.74) is 2.28. The van der Waals surface area contributed by atoms with Crippen molar-refractivity contribution in [3.63, 3.8) is 0 Å². The summed E-state index contributed by atoms with van der Waals surface area (Å²) in [6, 6.07) is 16.9. The molecule has 138 valence electrons. The first-order valence-electron chi connectivity index (χ1n) is 9.60. The van der Waals surface area contributed by atoms with Crippen LogP contribution in [0.3, 0.4) is 0 Å². The zero-order valence-electron chi connectivity index (χ0n) is 15.2. The molecule has 0 heterocycles. The van der Waals surface area contributed by atoms with Crippen molar-refractivity contribution in [2.75, 3.05) is 5.32 Å². The average Bonchev–Trinajstić information content (AvgIpc) is 2.68. The lowest BCUT2D eigenvalue weighted by atomic mass is 9.67. The average molecular weight is 361 g/mol. The molecule has 1 amide bonds. The molecule has 2 saturated carbocycles. The van der Waals surface area contributed by atoms with E-state index >= 15 is 0 Å². The van der Waals surface area contributed by atoms with Crippen LogP contribution in [0.15, 0.2) is 64.8 Å². The van der Waals surface area contributed by atoms with Gasteiger partial charge in [-0.1, -0.05) is 24.6 Å². The highest BCUT2D eigenvalue weighted by atomic mass is 16.2. The Labute approximate surface area is 158 Å². The number of nitrogens with one attached hydrogen (secondary N) is 1. The Kier molecular flexibility index (Phi) is 5.10. The predicted molar refractivity (Wildman–Crippen MR) is 104 cm³/mol. The van der Waals surface area contributed by atoms with E-state index in [-0.39, 0.29) is 23.7 Å². The number of anilines is 1. The van der Waals surface area contributed by atoms with Gasteiger partial charge in [0, 0.05) is 23.4 Å². The Morgan fingerprint density at radius 2 is 1.44 bits per heavy atom. The molecule has 2 aromatic carbocycles. The lowest BCUT2D eigenvalue weighted by molar-refractivity contribution is -0.136. The first-order valence-corrected chi connectivity index (χ1v) is 9.60. The second-order valence-corrected chi connectivity index (χ2v) is 7.47. The monoisotopic (exact) mass is 361 g/mol. The van der Waals surface area contributed by atoms with Crippen LogP contribution in [0.2, 0.25) is 0 Å². The van der Waals surface area contributed by atoms with E-state index in [1.807, 2.05) is 54.6 Å². The maximum Gasteiger partial charge on any atom is 0.227 e. The second-order valence-electron chi connectivity index (χ2n) is 7.47. The van der Waals surface area contributed by atoms with Crippen LogP contribution in [0.5, 0.6) is 0 Å². The van der Waals surface area contributed by atoms with Crippen LogP contribution in [0.4, 0.5) is 17.1 Å². The van der Waals surface area contributed by atoms with E-state index in [0.717, 1.165) is 36.3 Å². The van der Waals surface area contributed by atoms with Gasteiger partial charge in [0.15, 0.2) is 0 Å². The van der Waals surface area contributed by atoms with Crippen LogP contribution in [-0.4, -0.2) is 11.7 Å². The summed E-state index contributed by atoms with van der Waals surface area (Å²) in [5, 5.41) is 11.4. The van der Waals surface area contributed by atoms with Crippen LogP contribution >= 0.6 is 0 Å². The van der Waals surface area contributed by atoms with Crippen molar-refractivity contribution >= 4 is 28.8 Å². The second kappa shape index (κ2) is 7.82. The molecule has 5 nitrogen and oxygen atoms in total. The molecule has 0 spiro atoms. The number of hydrogen-bond donors (Lipinski definition) is 1. The summed E-state index contributed by atoms with van der Waals surface area (Å²) in [7, 11) is 0. The van der Waals surface area contributed by atoms with Gasteiger partial charge in [0.25, 0.3) is 0 Å². The number of carbonyl (C=O) groups excluding carboxylic acids is 2. The van der Waals surface area contributed by atoms with Crippen molar-refractivity contribution in [3.8, 4) is 0 Å². The number of rotatable bonds is 4. The number of fused-ring (bicyclic) bond motifs is 2. The fourth-order valence-corrected chi connectivity index (χ4v) is 4.16. The Balaban J connectivity index is 1.36. The zero-order chi connectivity index (χ0) is 18.6. The summed E-state index contributed by atoms with van der Waals surface area (Å²) in [6.45, 7) is 0. The van der Waals surface area contributed by atoms with Gasteiger partial charge in [0.1, 0.15) is 5.78 Å². The number of benzene rings is 2. The van der Waals surface area contributed by atoms with Gasteiger partial charge in [-0.2, -0.15) is 10.2 Å². The minimum atomic E-state index is -0.0598. The van der Waals surface area contributed by atoms with Crippen molar-refractivity contribution < 1.29 is 9.59 Å². The van der Waals surface area contributed by atoms with Gasteiger partial charge in [-0.05, 0) is 62.1 Å². The predicted octanol–water partition coefficient (Wildman–Crippen LogP) is 5.44. The van der Waals surface area contributed by atoms with Gasteiger partial charge in [0.2, 0.25) is 5.91 Å². The Morgan fingerprint density at radius 3 is 2.07 bits per heavy atom. The number of azo groups is 1. The van der Waals surface area contributed by atoms with E-state index in [1.54, 1.807) is 0 Å². The molecule has 1 N–H and O–H groups in total. The first kappa shape index (κ1) is 17.6. The van der Waals surface area contributed by atoms with Crippen LogP contribution < -0.4 is 5.32 Å². The van der Waals surface area contributed by atoms with Crippen LogP contribution in [0.1, 0.15) is 32.1 Å². The molecular formula is C22H23N3O2. The number of hydrogen-bond acceptors (Lipinski definition) is 4. The molecule has 2 bridgehead atoms. The number of nitrogens with zero attached hydrogens (tertiary/aromatic N) is 2. The third-order valence-corrected chi connectivity index (χ3v) is 5.59. The molecule has 4 rings (SSSR count). The highest BCUT2D eigenvalue weighted by Crippen LogP contribution is 2.40. The number of Topliss-reactive ketones (excluding diaryl/α,β-unsaturated/α-hetero) is 1. The van der Waals surface area contributed by atoms with Crippen molar-refractivity contribution in [3.05, 3.63) is 54.6 Å². The Bertz CT molecular complexity index is 830. The standard InChI is InChI=1S/C22H23N3O2/c26-21-15-5-4-6-16(21)14-17(13-15)22(27)23-18-9-11-20(12-10-18)25-24-19-7-2-1-3-8-19/h1-3,7-12,15-17H,4-6,13-14H2,(H,23,27)/t15-,16-/m0/s1. The maximum atomic E-state index is 12.6. The van der Waals surface area contributed by atoms with Crippen molar-refractivity contribution in [1.29, 1.82) is 0 Å². The molecule has 2 fully saturated rings. The smallest absolute Gasteiger partial charge is 0.227 e. The van der Waals surface area contributed by atoms with E-state index in [9.17, 15) is 9.59 Å². The highest BCUT2D eigenvalue weighted by Gasteiger charge is 2.41. The molecule has 2 aromatic rings. The number of carbonyl (C=O) groups is 2. The van der Waals surface area contributed by atoms with Crippen LogP contribution in [0, 0.1) is 17.8 Å². The van der Waals surface area contributed by atoms with Gasteiger partial charge in [-0.3, -0.25) is 9.59 Å². The van der Waals surface area contributed by atoms with E-state index < -0.39 is 0 Å². The molecule has 0 saturated heterocycles. The summed E-state index contributed by atoms with van der Waals surface area (Å²) in [4.78, 5) is 24.8. The fourth-order valence-electron chi connectivity index (χ4n) is 4.16. The molecular weight excluding hydrogens is 338 g/mol. The molecule has 0 aromatic heterocycles. The normalized spacial score (nSPS) is 24.7. The minimum Gasteiger partial charge on any atom is -0.326 e. The summed E-state index contributed by atoms with van der Waals surface area (Å²) in [6.07, 6.45) is 4.41. The van der Waals surface area contributed by atoms with E-state index in [2.05, 4.69) is 15.5 Å². The first-order chi connectivity index (χ1) is 13.2. The molecule has 0 radical (unpaired) electrons. The topological polar surface area (TPSA) is 70.9 Å². The highest BCUT2D eigenvalue weighted by molar-refractivity contribution is 5.95. The number of ketones is 1. The van der Waals surface area contributed by atoms with E-state index in [4.69, 9.17) is 0 Å². The maximum absolute atomic E-state index is 12.6. The van der Waals surface area contributed by atoms with Gasteiger partial charge in [0.05, 0.1) is 11.4 Å². The van der Waals surface area contributed by atoms with Gasteiger partial charge in [-0.25, -0.2) is 0 Å². The van der Waals surface area contributed by atoms with E-state index in [0.29, 0.717) is 18.6 Å². The Hall–Kier alpha value is -2.82. The lowest BCUT2D eigenvalue weighted by Crippen LogP contribution is -2.40. The summed E-state index contributed by atoms with van der Waals surface area (Å²) in [5.74, 6) is 0.537. The minimum absolute atomic E-state index is 0.0260. The van der Waals surface area contributed by atoms with Gasteiger partial charge >= 0.3 is 0 Å². The van der Waals surface area contributed by atoms with Crippen LogP contribution in [0.25, 0.3) is 0 Å². The van der Waals surface area contributed by atoms with Crippen molar-refractivity contribution in [1.82, 2.24) is 0 Å². The molecule has 2 aliphatic rings. The molecule has 2 aliphatic carbocycles. The molecule has 0 aliphatic heterocycles. The van der Waals surface area contributed by atoms with Gasteiger partial charge < -0.3 is 5.32 Å². The van der Waals surface area contributed by atoms with E-state index in [1.165, 1.54) is 0 Å². The van der Waals surface area contributed by atoms with Gasteiger partial charge in [-0.15, -0.1) is 0 Å². The van der Waals surface area contributed by atoms with Crippen molar-refractivity contribution in [2.24, 2.45) is 28.0 Å². The lowest BCUT2D eigenvalue weighted by Gasteiger charge is -2.36. The Morgan fingerprint density at radius 1 is 0.852 bits per heavy atom. The third-order valence-electron chi connectivity index (χ3n) is 5.59.